The third-order valence-corrected chi connectivity index (χ3v) is 1.28. The molecule has 1 saturated heterocycles. The minimum Gasteiger partial charge on any atom is -0.305 e. The van der Waals surface area contributed by atoms with Crippen molar-refractivity contribution < 1.29 is 9.18 Å². The Morgan fingerprint density at radius 2 is 2.50 bits per heavy atom. The van der Waals surface area contributed by atoms with Crippen molar-refractivity contribution in [1.29, 1.82) is 0 Å². The van der Waals surface area contributed by atoms with Crippen LogP contribution in [0.2, 0.25) is 0 Å². The van der Waals surface area contributed by atoms with Crippen LogP contribution in [-0.4, -0.2) is 25.0 Å². The molecule has 0 radical (unpaired) electrons. The molecular weight excluding hydrogens is 109 g/mol. The van der Waals surface area contributed by atoms with Gasteiger partial charge in [0, 0.05) is 13.0 Å². The quantitative estimate of drug-likeness (QED) is 0.485. The highest BCUT2D eigenvalue weighted by molar-refractivity contribution is 5.58. The Morgan fingerprint density at radius 1 is 1.75 bits per heavy atom. The van der Waals surface area contributed by atoms with Gasteiger partial charge < -0.3 is 10.1 Å². The van der Waals surface area contributed by atoms with Crippen LogP contribution in [0.3, 0.4) is 0 Å². The van der Waals surface area contributed by atoms with Gasteiger partial charge >= 0.3 is 0 Å². The van der Waals surface area contributed by atoms with Gasteiger partial charge in [-0.1, -0.05) is 0 Å². The van der Waals surface area contributed by atoms with Gasteiger partial charge in [-0.15, -0.1) is 0 Å². The minimum absolute atomic E-state index is 0.231. The molecule has 1 unspecified atom stereocenters. The summed E-state index contributed by atoms with van der Waals surface area (Å²) in [6.45, 7) is 0.337. The average molecular weight is 117 g/mol. The van der Waals surface area contributed by atoms with Crippen molar-refractivity contribution in [2.45, 2.75) is 18.6 Å². The first-order chi connectivity index (χ1) is 3.83. The lowest BCUT2D eigenvalue weighted by atomic mass is 10.2. The lowest BCUT2D eigenvalue weighted by Crippen LogP contribution is -2.22. The van der Waals surface area contributed by atoms with Gasteiger partial charge in [0.2, 0.25) is 0 Å². The molecule has 0 aliphatic carbocycles. The van der Waals surface area contributed by atoms with Gasteiger partial charge in [0.1, 0.15) is 12.5 Å². The van der Waals surface area contributed by atoms with Gasteiger partial charge in [-0.25, -0.2) is 4.39 Å². The second-order valence-electron chi connectivity index (χ2n) is 1.98. The SMILES string of the molecule is O=CC1C[C@@H](F)CN1. The van der Waals surface area contributed by atoms with Crippen molar-refractivity contribution in [3.05, 3.63) is 0 Å². The van der Waals surface area contributed by atoms with Crippen LogP contribution in [0.25, 0.3) is 0 Å². The Balaban J connectivity index is 2.32. The topological polar surface area (TPSA) is 29.1 Å². The van der Waals surface area contributed by atoms with Gasteiger partial charge in [-0.05, 0) is 0 Å². The summed E-state index contributed by atoms with van der Waals surface area (Å²) in [5.74, 6) is 0. The fraction of sp³-hybridized carbons (Fsp3) is 0.800. The molecule has 0 bridgehead atoms. The monoisotopic (exact) mass is 117 g/mol. The highest BCUT2D eigenvalue weighted by Gasteiger charge is 2.21. The molecule has 0 saturated carbocycles. The smallest absolute Gasteiger partial charge is 0.137 e. The number of nitrogens with one attached hydrogen (secondary N) is 1. The van der Waals surface area contributed by atoms with Crippen LogP contribution < -0.4 is 5.32 Å². The standard InChI is InChI=1S/C5H8FNO/c6-4-1-5(3-8)7-2-4/h3-5,7H,1-2H2/t4-,5?/m1/s1. The van der Waals surface area contributed by atoms with E-state index in [2.05, 4.69) is 5.32 Å². The van der Waals surface area contributed by atoms with Crippen molar-refractivity contribution in [2.75, 3.05) is 6.54 Å². The molecule has 2 atom stereocenters. The maximum absolute atomic E-state index is 12.1. The van der Waals surface area contributed by atoms with E-state index < -0.39 is 6.17 Å². The Morgan fingerprint density at radius 3 is 2.75 bits per heavy atom. The van der Waals surface area contributed by atoms with Crippen molar-refractivity contribution in [1.82, 2.24) is 5.32 Å². The lowest BCUT2D eigenvalue weighted by Gasteiger charge is -1.93. The van der Waals surface area contributed by atoms with E-state index in [4.69, 9.17) is 0 Å². The third-order valence-electron chi connectivity index (χ3n) is 1.28. The largest absolute Gasteiger partial charge is 0.305 e. The van der Waals surface area contributed by atoms with Crippen molar-refractivity contribution in [2.24, 2.45) is 0 Å². The number of hydrogen-bond donors (Lipinski definition) is 1. The van der Waals surface area contributed by atoms with Crippen LogP contribution in [0.4, 0.5) is 4.39 Å². The van der Waals surface area contributed by atoms with Crippen LogP contribution in [-0.2, 0) is 4.79 Å². The molecule has 1 N–H and O–H groups in total. The van der Waals surface area contributed by atoms with Gasteiger partial charge in [0.25, 0.3) is 0 Å². The van der Waals surface area contributed by atoms with Crippen LogP contribution in [0, 0.1) is 0 Å². The second-order valence-corrected chi connectivity index (χ2v) is 1.98. The molecule has 0 amide bonds. The number of alkyl halides is 1. The van der Waals surface area contributed by atoms with E-state index in [0.29, 0.717) is 13.0 Å². The highest BCUT2D eigenvalue weighted by Crippen LogP contribution is 2.06. The number of carbonyl (C=O) groups excluding carboxylic acids is 1. The van der Waals surface area contributed by atoms with Gasteiger partial charge in [0.05, 0.1) is 6.04 Å². The number of hydrogen-bond acceptors (Lipinski definition) is 2. The molecule has 46 valence electrons. The van der Waals surface area contributed by atoms with E-state index in [1.165, 1.54) is 0 Å². The Labute approximate surface area is 47.1 Å². The van der Waals surface area contributed by atoms with Crippen LogP contribution >= 0.6 is 0 Å². The summed E-state index contributed by atoms with van der Waals surface area (Å²) in [5.41, 5.74) is 0. The summed E-state index contributed by atoms with van der Waals surface area (Å²) >= 11 is 0. The van der Waals surface area contributed by atoms with Gasteiger partial charge in [-0.2, -0.15) is 0 Å². The fourth-order valence-electron chi connectivity index (χ4n) is 0.825. The fourth-order valence-corrected chi connectivity index (χ4v) is 0.825. The first kappa shape index (κ1) is 5.69. The first-order valence-corrected chi connectivity index (χ1v) is 2.65. The first-order valence-electron chi connectivity index (χ1n) is 2.65. The Kier molecular flexibility index (Phi) is 1.58. The maximum Gasteiger partial charge on any atom is 0.137 e. The summed E-state index contributed by atoms with van der Waals surface area (Å²) in [6.07, 6.45) is 0.286. The van der Waals surface area contributed by atoms with Crippen LogP contribution in [0.15, 0.2) is 0 Å². The maximum atomic E-state index is 12.1. The minimum atomic E-state index is -0.815. The molecule has 0 aromatic heterocycles. The Hall–Kier alpha value is -0.440. The molecule has 0 aromatic carbocycles. The molecule has 2 nitrogen and oxygen atoms in total. The predicted octanol–water partition coefficient (Wildman–Crippen LogP) is -0.115. The van der Waals surface area contributed by atoms with E-state index >= 15 is 0 Å². The molecule has 8 heavy (non-hydrogen) atoms. The van der Waals surface area contributed by atoms with Crippen LogP contribution in [0.5, 0.6) is 0 Å². The molecule has 1 aliphatic heterocycles. The highest BCUT2D eigenvalue weighted by atomic mass is 19.1. The van der Waals surface area contributed by atoms with Gasteiger partial charge in [-0.3, -0.25) is 0 Å². The second kappa shape index (κ2) is 2.22. The summed E-state index contributed by atoms with van der Waals surface area (Å²) in [4.78, 5) is 9.92. The molecule has 1 rings (SSSR count). The molecule has 1 aliphatic rings. The Bertz CT molecular complexity index is 96.4. The summed E-state index contributed by atoms with van der Waals surface area (Å²) in [5, 5.41) is 2.71. The van der Waals surface area contributed by atoms with Crippen molar-refractivity contribution >= 4 is 6.29 Å². The van der Waals surface area contributed by atoms with E-state index in [0.717, 1.165) is 6.29 Å². The molecule has 1 fully saturated rings. The zero-order valence-corrected chi connectivity index (χ0v) is 4.43. The van der Waals surface area contributed by atoms with Crippen molar-refractivity contribution in [3.63, 3.8) is 0 Å². The molecular formula is C5H8FNO. The average Bonchev–Trinajstić information content (AvgIpc) is 2.14. The number of carbonyl (C=O) groups is 1. The van der Waals surface area contributed by atoms with Gasteiger partial charge in [0.15, 0.2) is 0 Å². The van der Waals surface area contributed by atoms with E-state index in [-0.39, 0.29) is 6.04 Å². The predicted molar refractivity (Wildman–Crippen MR) is 27.4 cm³/mol. The molecule has 0 spiro atoms. The zero-order chi connectivity index (χ0) is 5.98. The molecule has 1 heterocycles. The van der Waals surface area contributed by atoms with Crippen molar-refractivity contribution in [3.8, 4) is 0 Å². The normalized spacial score (nSPS) is 37.6. The van der Waals surface area contributed by atoms with E-state index in [1.807, 2.05) is 0 Å². The lowest BCUT2D eigenvalue weighted by molar-refractivity contribution is -0.109. The summed E-state index contributed by atoms with van der Waals surface area (Å²) < 4.78 is 12.1. The summed E-state index contributed by atoms with van der Waals surface area (Å²) in [6, 6.07) is -0.231. The number of rotatable bonds is 1. The van der Waals surface area contributed by atoms with E-state index in [1.54, 1.807) is 0 Å². The molecule has 3 heteroatoms. The summed E-state index contributed by atoms with van der Waals surface area (Å²) in [7, 11) is 0. The number of aldehydes is 1. The van der Waals surface area contributed by atoms with Crippen LogP contribution in [0.1, 0.15) is 6.42 Å². The van der Waals surface area contributed by atoms with E-state index in [9.17, 15) is 9.18 Å². The number of halogens is 1. The molecule has 0 aromatic rings. The zero-order valence-electron chi connectivity index (χ0n) is 4.43. The third kappa shape index (κ3) is 1.04.